The molecule has 1 amide bonds. The maximum Gasteiger partial charge on any atom is 0.225 e. The molecule has 1 spiro atoms. The van der Waals surface area contributed by atoms with Gasteiger partial charge in [-0.1, -0.05) is 31.0 Å². The van der Waals surface area contributed by atoms with E-state index in [-0.39, 0.29) is 5.60 Å². The van der Waals surface area contributed by atoms with Crippen LogP contribution < -0.4 is 4.90 Å². The molecule has 164 valence electrons. The number of para-hydroxylation sites is 1. The van der Waals surface area contributed by atoms with E-state index in [0.717, 1.165) is 84.4 Å². The van der Waals surface area contributed by atoms with Crippen molar-refractivity contribution in [1.29, 1.82) is 0 Å². The van der Waals surface area contributed by atoms with Gasteiger partial charge in [-0.3, -0.25) is 9.69 Å². The Hall–Kier alpha value is -1.59. The molecule has 3 aliphatic heterocycles. The van der Waals surface area contributed by atoms with Gasteiger partial charge in [-0.2, -0.15) is 0 Å². The van der Waals surface area contributed by atoms with E-state index < -0.39 is 0 Å². The van der Waals surface area contributed by atoms with E-state index in [9.17, 15) is 4.79 Å². The number of piperidine rings is 1. The molecule has 1 unspecified atom stereocenters. The Bertz CT molecular complexity index is 702. The zero-order valence-corrected chi connectivity index (χ0v) is 18.3. The van der Waals surface area contributed by atoms with Gasteiger partial charge in [0.15, 0.2) is 0 Å². The lowest BCUT2D eigenvalue weighted by Gasteiger charge is -2.50. The molecule has 5 nitrogen and oxygen atoms in total. The number of rotatable bonds is 3. The number of amides is 1. The molecule has 4 fully saturated rings. The van der Waals surface area contributed by atoms with Gasteiger partial charge in [-0.05, 0) is 50.7 Å². The second kappa shape index (κ2) is 8.88. The summed E-state index contributed by atoms with van der Waals surface area (Å²) in [5.41, 5.74) is 1.35. The summed E-state index contributed by atoms with van der Waals surface area (Å²) in [7, 11) is 0. The summed E-state index contributed by atoms with van der Waals surface area (Å²) in [6.07, 6.45) is 9.01. The zero-order valence-electron chi connectivity index (χ0n) is 18.3. The van der Waals surface area contributed by atoms with E-state index in [1.54, 1.807) is 0 Å². The molecule has 1 aromatic rings. The number of likely N-dealkylation sites (tertiary alicyclic amines) is 1. The Morgan fingerprint density at radius 1 is 0.900 bits per heavy atom. The van der Waals surface area contributed by atoms with Crippen molar-refractivity contribution in [3.8, 4) is 0 Å². The molecule has 0 aromatic heterocycles. The minimum absolute atomic E-state index is 0.00589. The number of ether oxygens (including phenoxy) is 1. The second-order valence-corrected chi connectivity index (χ2v) is 9.84. The Morgan fingerprint density at radius 3 is 2.30 bits per heavy atom. The number of hydrogen-bond acceptors (Lipinski definition) is 4. The summed E-state index contributed by atoms with van der Waals surface area (Å²) < 4.78 is 6.40. The molecular formula is C25H37N3O2. The van der Waals surface area contributed by atoms with Crippen molar-refractivity contribution in [1.82, 2.24) is 9.80 Å². The van der Waals surface area contributed by atoms with Crippen molar-refractivity contribution in [3.63, 3.8) is 0 Å². The summed E-state index contributed by atoms with van der Waals surface area (Å²) in [6, 6.07) is 11.4. The van der Waals surface area contributed by atoms with Gasteiger partial charge in [0.1, 0.15) is 0 Å². The van der Waals surface area contributed by atoms with E-state index in [1.165, 1.54) is 18.5 Å². The van der Waals surface area contributed by atoms with Gasteiger partial charge >= 0.3 is 0 Å². The highest BCUT2D eigenvalue weighted by Gasteiger charge is 2.43. The number of carbonyl (C=O) groups excluding carboxylic acids is 1. The van der Waals surface area contributed by atoms with Crippen LogP contribution in [0.2, 0.25) is 0 Å². The van der Waals surface area contributed by atoms with Crippen LogP contribution >= 0.6 is 0 Å². The van der Waals surface area contributed by atoms with E-state index in [1.807, 2.05) is 0 Å². The van der Waals surface area contributed by atoms with E-state index >= 15 is 0 Å². The predicted octanol–water partition coefficient (Wildman–Crippen LogP) is 3.54. The third kappa shape index (κ3) is 4.24. The fourth-order valence-corrected chi connectivity index (χ4v) is 6.21. The zero-order chi connectivity index (χ0) is 20.4. The summed E-state index contributed by atoms with van der Waals surface area (Å²) in [5.74, 6) is 0.728. The number of anilines is 1. The first-order chi connectivity index (χ1) is 14.7. The minimum Gasteiger partial charge on any atom is -0.375 e. The quantitative estimate of drug-likeness (QED) is 0.762. The van der Waals surface area contributed by atoms with E-state index in [0.29, 0.717) is 17.9 Å². The van der Waals surface area contributed by atoms with E-state index in [4.69, 9.17) is 4.74 Å². The summed E-state index contributed by atoms with van der Waals surface area (Å²) in [4.78, 5) is 20.2. The lowest BCUT2D eigenvalue weighted by molar-refractivity contribution is -0.152. The summed E-state index contributed by atoms with van der Waals surface area (Å²) in [5, 5.41) is 0. The molecule has 4 aliphatic rings. The Kier molecular flexibility index (Phi) is 6.01. The predicted molar refractivity (Wildman–Crippen MR) is 120 cm³/mol. The lowest BCUT2D eigenvalue weighted by Crippen LogP contribution is -2.57. The first kappa shape index (κ1) is 20.3. The third-order valence-electron chi connectivity index (χ3n) is 8.11. The van der Waals surface area contributed by atoms with Crippen LogP contribution in [0.3, 0.4) is 0 Å². The topological polar surface area (TPSA) is 36.0 Å². The molecule has 0 radical (unpaired) electrons. The third-order valence-corrected chi connectivity index (χ3v) is 8.11. The van der Waals surface area contributed by atoms with Crippen LogP contribution in [-0.2, 0) is 9.53 Å². The van der Waals surface area contributed by atoms with Crippen molar-refractivity contribution in [2.45, 2.75) is 63.0 Å². The Balaban J connectivity index is 1.14. The minimum atomic E-state index is 0.00589. The SMILES string of the molecule is O=C(C1CCCC1)N1CCC2(CC1)CC(N1CCN(c3ccccc3)CC1)CCO2. The van der Waals surface area contributed by atoms with Crippen molar-refractivity contribution in [2.24, 2.45) is 5.92 Å². The normalized spacial score (nSPS) is 28.2. The van der Waals surface area contributed by atoms with Crippen molar-refractivity contribution in [3.05, 3.63) is 30.3 Å². The maximum atomic E-state index is 12.8. The van der Waals surface area contributed by atoms with Gasteiger partial charge in [0.05, 0.1) is 5.60 Å². The van der Waals surface area contributed by atoms with Crippen molar-refractivity contribution < 1.29 is 9.53 Å². The average Bonchev–Trinajstić information content (AvgIpc) is 3.35. The average molecular weight is 412 g/mol. The standard InChI is InChI=1S/C25H37N3O2/c29-24(21-6-4-5-7-21)28-13-11-25(12-14-28)20-23(10-19-30-25)27-17-15-26(16-18-27)22-8-2-1-3-9-22/h1-3,8-9,21,23H,4-7,10-20H2. The van der Waals surface area contributed by atoms with Crippen molar-refractivity contribution in [2.75, 3.05) is 50.8 Å². The second-order valence-electron chi connectivity index (χ2n) is 9.84. The molecule has 30 heavy (non-hydrogen) atoms. The summed E-state index contributed by atoms with van der Waals surface area (Å²) >= 11 is 0. The van der Waals surface area contributed by atoms with Crippen LogP contribution in [0.25, 0.3) is 0 Å². The molecular weight excluding hydrogens is 374 g/mol. The summed E-state index contributed by atoms with van der Waals surface area (Å²) in [6.45, 7) is 7.16. The van der Waals surface area contributed by atoms with Gasteiger partial charge in [-0.25, -0.2) is 0 Å². The van der Waals surface area contributed by atoms with Crippen LogP contribution in [0, 0.1) is 5.92 Å². The molecule has 5 rings (SSSR count). The maximum absolute atomic E-state index is 12.8. The highest BCUT2D eigenvalue weighted by atomic mass is 16.5. The molecule has 1 atom stereocenters. The molecule has 0 bridgehead atoms. The van der Waals surface area contributed by atoms with Gasteiger partial charge in [0.25, 0.3) is 0 Å². The Labute approximate surface area is 181 Å². The van der Waals surface area contributed by atoms with Gasteiger partial charge in [0.2, 0.25) is 5.91 Å². The molecule has 5 heteroatoms. The van der Waals surface area contributed by atoms with Crippen LogP contribution in [0.4, 0.5) is 5.69 Å². The fraction of sp³-hybridized carbons (Fsp3) is 0.720. The molecule has 3 saturated heterocycles. The highest BCUT2D eigenvalue weighted by molar-refractivity contribution is 5.79. The van der Waals surface area contributed by atoms with Crippen LogP contribution in [0.5, 0.6) is 0 Å². The molecule has 3 heterocycles. The first-order valence-electron chi connectivity index (χ1n) is 12.2. The largest absolute Gasteiger partial charge is 0.375 e. The number of benzene rings is 1. The van der Waals surface area contributed by atoms with Gasteiger partial charge < -0.3 is 14.5 Å². The fourth-order valence-electron chi connectivity index (χ4n) is 6.21. The van der Waals surface area contributed by atoms with E-state index in [2.05, 4.69) is 45.0 Å². The van der Waals surface area contributed by atoms with Gasteiger partial charge in [0, 0.05) is 63.5 Å². The number of carbonyl (C=O) groups is 1. The van der Waals surface area contributed by atoms with Gasteiger partial charge in [-0.15, -0.1) is 0 Å². The monoisotopic (exact) mass is 411 g/mol. The molecule has 1 aliphatic carbocycles. The number of nitrogens with zero attached hydrogens (tertiary/aromatic N) is 3. The highest BCUT2D eigenvalue weighted by Crippen LogP contribution is 2.38. The molecule has 1 aromatic carbocycles. The lowest BCUT2D eigenvalue weighted by atomic mass is 9.81. The Morgan fingerprint density at radius 2 is 1.60 bits per heavy atom. The number of piperazine rings is 1. The van der Waals surface area contributed by atoms with Crippen LogP contribution in [-0.4, -0.2) is 73.2 Å². The smallest absolute Gasteiger partial charge is 0.225 e. The first-order valence-corrected chi connectivity index (χ1v) is 12.2. The van der Waals surface area contributed by atoms with Crippen LogP contribution in [0.15, 0.2) is 30.3 Å². The molecule has 0 N–H and O–H groups in total. The van der Waals surface area contributed by atoms with Crippen LogP contribution in [0.1, 0.15) is 51.4 Å². The van der Waals surface area contributed by atoms with Crippen molar-refractivity contribution >= 4 is 11.6 Å². The molecule has 1 saturated carbocycles. The number of hydrogen-bond donors (Lipinski definition) is 0.